The van der Waals surface area contributed by atoms with E-state index in [1.165, 1.54) is 14.7 Å². The quantitative estimate of drug-likeness (QED) is 0.615. The van der Waals surface area contributed by atoms with Gasteiger partial charge >= 0.3 is 0 Å². The molecular formula is C17H18N4O4S3. The molecule has 0 unspecified atom stereocenters. The first-order valence-corrected chi connectivity index (χ1v) is 12.2. The van der Waals surface area contributed by atoms with Crippen LogP contribution in [0.3, 0.4) is 0 Å². The van der Waals surface area contributed by atoms with Gasteiger partial charge in [-0.1, -0.05) is 23.8 Å². The maximum atomic E-state index is 13.1. The van der Waals surface area contributed by atoms with Crippen LogP contribution in [0.15, 0.2) is 52.3 Å². The molecule has 11 heteroatoms. The van der Waals surface area contributed by atoms with E-state index in [1.54, 1.807) is 36.4 Å². The van der Waals surface area contributed by atoms with E-state index >= 15 is 0 Å². The highest BCUT2D eigenvalue weighted by molar-refractivity contribution is 7.89. The first-order valence-electron chi connectivity index (χ1n) is 8.58. The standard InChI is InChI=1S/C17H18N4O4S3/c1-13-5-7-14(8-6-13)27(22,23)20-9-11-21(12-10-20)28(24,25)16-4-2-3-15-17(16)19-26-18-15/h2-8H,9-12H2,1H3. The Morgan fingerprint density at radius 2 is 1.43 bits per heavy atom. The summed E-state index contributed by atoms with van der Waals surface area (Å²) in [7, 11) is -7.43. The van der Waals surface area contributed by atoms with E-state index in [0.29, 0.717) is 11.0 Å². The monoisotopic (exact) mass is 438 g/mol. The molecule has 0 N–H and O–H groups in total. The van der Waals surface area contributed by atoms with Crippen LogP contribution in [0.5, 0.6) is 0 Å². The molecule has 1 aromatic heterocycles. The van der Waals surface area contributed by atoms with Gasteiger partial charge in [-0.3, -0.25) is 0 Å². The molecule has 0 saturated carbocycles. The average Bonchev–Trinajstić information content (AvgIpc) is 3.17. The van der Waals surface area contributed by atoms with Gasteiger partial charge < -0.3 is 0 Å². The van der Waals surface area contributed by atoms with Gasteiger partial charge in [0.05, 0.1) is 16.6 Å². The van der Waals surface area contributed by atoms with Crippen molar-refractivity contribution in [1.82, 2.24) is 17.4 Å². The summed E-state index contributed by atoms with van der Waals surface area (Å²) >= 11 is 0.962. The van der Waals surface area contributed by atoms with Crippen molar-refractivity contribution in [2.45, 2.75) is 16.7 Å². The molecule has 8 nitrogen and oxygen atoms in total. The Kier molecular flexibility index (Phi) is 4.96. The Morgan fingerprint density at radius 1 is 0.821 bits per heavy atom. The van der Waals surface area contributed by atoms with E-state index in [2.05, 4.69) is 8.75 Å². The molecule has 3 aromatic rings. The molecule has 0 atom stereocenters. The highest BCUT2D eigenvalue weighted by Gasteiger charge is 2.34. The molecule has 1 saturated heterocycles. The zero-order valence-corrected chi connectivity index (χ0v) is 17.5. The third-order valence-corrected chi connectivity index (χ3v) is 9.11. The number of hydrogen-bond acceptors (Lipinski definition) is 7. The summed E-state index contributed by atoms with van der Waals surface area (Å²) in [6.07, 6.45) is 0. The molecular weight excluding hydrogens is 420 g/mol. The predicted molar refractivity (Wildman–Crippen MR) is 106 cm³/mol. The van der Waals surface area contributed by atoms with Gasteiger partial charge in [0.15, 0.2) is 0 Å². The maximum absolute atomic E-state index is 13.1. The molecule has 1 aliphatic rings. The summed E-state index contributed by atoms with van der Waals surface area (Å²) in [4.78, 5) is 0.321. The zero-order chi connectivity index (χ0) is 19.9. The largest absolute Gasteiger partial charge is 0.245 e. The van der Waals surface area contributed by atoms with Gasteiger partial charge in [0, 0.05) is 26.2 Å². The molecule has 0 spiro atoms. The summed E-state index contributed by atoms with van der Waals surface area (Å²) in [5, 5.41) is 0. The first-order chi connectivity index (χ1) is 13.3. The summed E-state index contributed by atoms with van der Waals surface area (Å²) < 4.78 is 62.5. The van der Waals surface area contributed by atoms with Crippen LogP contribution >= 0.6 is 11.7 Å². The normalized spacial score (nSPS) is 17.2. The number of hydrogen-bond donors (Lipinski definition) is 0. The van der Waals surface area contributed by atoms with Crippen molar-refractivity contribution in [2.75, 3.05) is 26.2 Å². The van der Waals surface area contributed by atoms with Crippen molar-refractivity contribution < 1.29 is 16.8 Å². The zero-order valence-electron chi connectivity index (χ0n) is 15.0. The fourth-order valence-electron chi connectivity index (χ4n) is 3.14. The number of sulfonamides is 2. The lowest BCUT2D eigenvalue weighted by Gasteiger charge is -2.33. The van der Waals surface area contributed by atoms with Gasteiger partial charge in [0.25, 0.3) is 0 Å². The number of aryl methyl sites for hydroxylation is 1. The molecule has 0 radical (unpaired) electrons. The Balaban J connectivity index is 1.55. The maximum Gasteiger partial charge on any atom is 0.245 e. The molecule has 1 aliphatic heterocycles. The molecule has 2 heterocycles. The van der Waals surface area contributed by atoms with E-state index in [9.17, 15) is 16.8 Å². The van der Waals surface area contributed by atoms with Gasteiger partial charge in [0.1, 0.15) is 15.9 Å². The van der Waals surface area contributed by atoms with Crippen molar-refractivity contribution >= 4 is 42.8 Å². The lowest BCUT2D eigenvalue weighted by atomic mass is 10.2. The van der Waals surface area contributed by atoms with Crippen molar-refractivity contribution in [3.8, 4) is 0 Å². The summed E-state index contributed by atoms with van der Waals surface area (Å²) in [6.45, 7) is 2.25. The first kappa shape index (κ1) is 19.4. The highest BCUT2D eigenvalue weighted by Crippen LogP contribution is 2.26. The second kappa shape index (κ2) is 7.16. The second-order valence-electron chi connectivity index (χ2n) is 6.51. The van der Waals surface area contributed by atoms with E-state index < -0.39 is 20.0 Å². The minimum Gasteiger partial charge on any atom is -0.207 e. The van der Waals surface area contributed by atoms with E-state index in [4.69, 9.17) is 0 Å². The third-order valence-electron chi connectivity index (χ3n) is 4.72. The lowest BCUT2D eigenvalue weighted by molar-refractivity contribution is 0.273. The van der Waals surface area contributed by atoms with Crippen LogP contribution in [-0.2, 0) is 20.0 Å². The molecule has 2 aromatic carbocycles. The second-order valence-corrected chi connectivity index (χ2v) is 10.9. The average molecular weight is 439 g/mol. The van der Waals surface area contributed by atoms with Crippen molar-refractivity contribution in [1.29, 1.82) is 0 Å². The van der Waals surface area contributed by atoms with Crippen LogP contribution in [0.4, 0.5) is 0 Å². The number of piperazine rings is 1. The van der Waals surface area contributed by atoms with Gasteiger partial charge in [-0.2, -0.15) is 17.4 Å². The fraction of sp³-hybridized carbons (Fsp3) is 0.294. The van der Waals surface area contributed by atoms with Crippen molar-refractivity contribution in [3.05, 3.63) is 48.0 Å². The Morgan fingerprint density at radius 3 is 2.07 bits per heavy atom. The molecule has 148 valence electrons. The summed E-state index contributed by atoms with van der Waals surface area (Å²) in [5.74, 6) is 0. The van der Waals surface area contributed by atoms with Gasteiger partial charge in [-0.05, 0) is 31.2 Å². The van der Waals surface area contributed by atoms with E-state index in [1.807, 2.05) is 6.92 Å². The van der Waals surface area contributed by atoms with Crippen LogP contribution in [-0.4, -0.2) is 60.4 Å². The van der Waals surface area contributed by atoms with Gasteiger partial charge in [-0.25, -0.2) is 16.8 Å². The molecule has 1 fully saturated rings. The van der Waals surface area contributed by atoms with Crippen LogP contribution < -0.4 is 0 Å². The van der Waals surface area contributed by atoms with Crippen molar-refractivity contribution in [3.63, 3.8) is 0 Å². The Hall–Kier alpha value is -1.92. The smallest absolute Gasteiger partial charge is 0.207 e. The lowest BCUT2D eigenvalue weighted by Crippen LogP contribution is -2.50. The van der Waals surface area contributed by atoms with Crippen LogP contribution in [0.2, 0.25) is 0 Å². The number of nitrogens with zero attached hydrogens (tertiary/aromatic N) is 4. The Labute approximate surface area is 167 Å². The Bertz CT molecular complexity index is 1210. The van der Waals surface area contributed by atoms with Gasteiger partial charge in [-0.15, -0.1) is 0 Å². The topological polar surface area (TPSA) is 101 Å². The predicted octanol–water partition coefficient (Wildman–Crippen LogP) is 1.69. The molecule has 4 rings (SSSR count). The molecule has 0 bridgehead atoms. The summed E-state index contributed by atoms with van der Waals surface area (Å²) in [6, 6.07) is 11.5. The van der Waals surface area contributed by atoms with Crippen LogP contribution in [0, 0.1) is 6.92 Å². The third kappa shape index (κ3) is 3.33. The minimum atomic E-state index is -3.78. The number of rotatable bonds is 4. The van der Waals surface area contributed by atoms with E-state index in [-0.39, 0.29) is 36.0 Å². The molecule has 0 aliphatic carbocycles. The highest BCUT2D eigenvalue weighted by atomic mass is 32.2. The number of aromatic nitrogens is 2. The van der Waals surface area contributed by atoms with Crippen LogP contribution in [0.1, 0.15) is 5.56 Å². The SMILES string of the molecule is Cc1ccc(S(=O)(=O)N2CCN(S(=O)(=O)c3cccc4nsnc34)CC2)cc1. The van der Waals surface area contributed by atoms with E-state index in [0.717, 1.165) is 17.3 Å². The number of fused-ring (bicyclic) bond motifs is 1. The van der Waals surface area contributed by atoms with Crippen LogP contribution in [0.25, 0.3) is 11.0 Å². The number of benzene rings is 2. The molecule has 28 heavy (non-hydrogen) atoms. The minimum absolute atomic E-state index is 0.0847. The molecule has 0 amide bonds. The fourth-order valence-corrected chi connectivity index (χ4v) is 6.74. The summed E-state index contributed by atoms with van der Waals surface area (Å²) in [5.41, 5.74) is 1.86. The van der Waals surface area contributed by atoms with Gasteiger partial charge in [0.2, 0.25) is 20.0 Å². The van der Waals surface area contributed by atoms with Crippen molar-refractivity contribution in [2.24, 2.45) is 0 Å².